The van der Waals surface area contributed by atoms with E-state index in [-0.39, 0.29) is 18.1 Å². The van der Waals surface area contributed by atoms with Gasteiger partial charge in [0, 0.05) is 0 Å². The second kappa shape index (κ2) is 3.97. The molecule has 0 bridgehead atoms. The maximum atomic E-state index is 10.4. The van der Waals surface area contributed by atoms with Gasteiger partial charge in [-0.2, -0.15) is 4.68 Å². The first-order chi connectivity index (χ1) is 7.69. The molecule has 0 saturated heterocycles. The summed E-state index contributed by atoms with van der Waals surface area (Å²) < 4.78 is 6.47. The molecule has 0 aromatic carbocycles. The molecule has 0 saturated carbocycles. The molecular weight excluding hydrogens is 214 g/mol. The minimum absolute atomic E-state index is 0.219. The van der Waals surface area contributed by atoms with Gasteiger partial charge in [-0.25, -0.2) is 0 Å². The molecule has 2 heterocycles. The van der Waals surface area contributed by atoms with Crippen molar-refractivity contribution < 1.29 is 14.1 Å². The molecule has 7 heteroatoms. The van der Waals surface area contributed by atoms with E-state index in [4.69, 9.17) is 4.42 Å². The number of furan rings is 1. The quantitative estimate of drug-likeness (QED) is 0.440. The molecule has 0 fully saturated rings. The Morgan fingerprint density at radius 3 is 2.88 bits per heavy atom. The second-order valence-corrected chi connectivity index (χ2v) is 3.05. The van der Waals surface area contributed by atoms with E-state index in [1.54, 1.807) is 6.07 Å². The van der Waals surface area contributed by atoms with Crippen LogP contribution in [0.25, 0.3) is 0 Å². The number of aldehydes is 1. The summed E-state index contributed by atoms with van der Waals surface area (Å²) in [4.78, 5) is 20.2. The van der Waals surface area contributed by atoms with Gasteiger partial charge in [0.25, 0.3) is 0 Å². The summed E-state index contributed by atoms with van der Waals surface area (Å²) >= 11 is 0. The predicted octanol–water partition coefficient (Wildman–Crippen LogP) is 1.25. The van der Waals surface area contributed by atoms with Crippen molar-refractivity contribution in [3.63, 3.8) is 0 Å². The van der Waals surface area contributed by atoms with Crippen molar-refractivity contribution in [2.45, 2.75) is 6.54 Å². The lowest BCUT2D eigenvalue weighted by Crippen LogP contribution is -2.00. The summed E-state index contributed by atoms with van der Waals surface area (Å²) in [5, 5.41) is 14.1. The van der Waals surface area contributed by atoms with Gasteiger partial charge in [0.15, 0.2) is 12.0 Å². The molecule has 0 spiro atoms. The van der Waals surface area contributed by atoms with E-state index in [0.29, 0.717) is 12.0 Å². The minimum atomic E-state index is -0.574. The zero-order valence-electron chi connectivity index (χ0n) is 8.07. The van der Waals surface area contributed by atoms with Gasteiger partial charge in [0.05, 0.1) is 17.4 Å². The van der Waals surface area contributed by atoms with Gasteiger partial charge in [-0.3, -0.25) is 4.79 Å². The van der Waals surface area contributed by atoms with E-state index in [1.807, 2.05) is 0 Å². The molecule has 0 unspecified atom stereocenters. The van der Waals surface area contributed by atoms with Gasteiger partial charge < -0.3 is 14.5 Å². The Bertz CT molecular complexity index is 528. The van der Waals surface area contributed by atoms with Gasteiger partial charge >= 0.3 is 5.82 Å². The Morgan fingerprint density at radius 1 is 1.50 bits per heavy atom. The molecule has 0 atom stereocenters. The summed E-state index contributed by atoms with van der Waals surface area (Å²) in [6.07, 6.45) is 2.07. The highest BCUT2D eigenvalue weighted by Gasteiger charge is 2.12. The van der Waals surface area contributed by atoms with E-state index < -0.39 is 4.92 Å². The summed E-state index contributed by atoms with van der Waals surface area (Å²) in [5.74, 6) is 0.513. The molecule has 0 aliphatic heterocycles. The molecule has 2 aromatic heterocycles. The normalized spacial score (nSPS) is 10.2. The topological polar surface area (TPSA) is 91.2 Å². The highest BCUT2D eigenvalue weighted by atomic mass is 16.6. The molecule has 2 aromatic rings. The van der Waals surface area contributed by atoms with Crippen LogP contribution in [-0.2, 0) is 6.54 Å². The van der Waals surface area contributed by atoms with Gasteiger partial charge in [0.1, 0.15) is 12.3 Å². The largest absolute Gasteiger partial charge is 0.456 e. The van der Waals surface area contributed by atoms with Crippen LogP contribution in [0.2, 0.25) is 0 Å². The molecule has 0 aliphatic carbocycles. The third-order valence-electron chi connectivity index (χ3n) is 1.93. The third kappa shape index (κ3) is 1.97. The first-order valence-electron chi connectivity index (χ1n) is 4.41. The Morgan fingerprint density at radius 2 is 2.31 bits per heavy atom. The highest BCUT2D eigenvalue weighted by Crippen LogP contribution is 2.10. The van der Waals surface area contributed by atoms with E-state index in [9.17, 15) is 14.9 Å². The van der Waals surface area contributed by atoms with Gasteiger partial charge in [-0.1, -0.05) is 0 Å². The summed E-state index contributed by atoms with van der Waals surface area (Å²) in [5.41, 5.74) is 0. The molecular formula is C9H7N3O4. The van der Waals surface area contributed by atoms with Crippen LogP contribution in [0.5, 0.6) is 0 Å². The van der Waals surface area contributed by atoms with Crippen molar-refractivity contribution in [1.29, 1.82) is 0 Å². The number of nitrogens with zero attached hydrogens (tertiary/aromatic N) is 3. The van der Waals surface area contributed by atoms with E-state index in [1.165, 1.54) is 23.0 Å². The maximum Gasteiger partial charge on any atom is 0.389 e. The van der Waals surface area contributed by atoms with Crippen LogP contribution in [0.15, 0.2) is 28.8 Å². The van der Waals surface area contributed by atoms with Gasteiger partial charge in [-0.15, -0.1) is 0 Å². The Labute approximate surface area is 89.4 Å². The van der Waals surface area contributed by atoms with Crippen LogP contribution in [-0.4, -0.2) is 21.0 Å². The first kappa shape index (κ1) is 10.1. The smallest absolute Gasteiger partial charge is 0.389 e. The van der Waals surface area contributed by atoms with Crippen molar-refractivity contribution in [1.82, 2.24) is 9.78 Å². The summed E-state index contributed by atoms with van der Waals surface area (Å²) in [6, 6.07) is 4.45. The zero-order chi connectivity index (χ0) is 11.5. The average Bonchev–Trinajstić information content (AvgIpc) is 2.87. The van der Waals surface area contributed by atoms with Gasteiger partial charge in [0.2, 0.25) is 0 Å². The van der Waals surface area contributed by atoms with Crippen LogP contribution < -0.4 is 0 Å². The van der Waals surface area contributed by atoms with Crippen LogP contribution >= 0.6 is 0 Å². The number of hydrogen-bond donors (Lipinski definition) is 0. The van der Waals surface area contributed by atoms with E-state index in [2.05, 4.69) is 5.10 Å². The number of rotatable bonds is 4. The molecule has 2 rings (SSSR count). The molecule has 82 valence electrons. The van der Waals surface area contributed by atoms with Crippen molar-refractivity contribution in [3.05, 3.63) is 46.0 Å². The van der Waals surface area contributed by atoms with E-state index >= 15 is 0 Å². The molecule has 16 heavy (non-hydrogen) atoms. The first-order valence-corrected chi connectivity index (χ1v) is 4.41. The summed E-state index contributed by atoms with van der Waals surface area (Å²) in [7, 11) is 0. The van der Waals surface area contributed by atoms with Crippen molar-refractivity contribution in [2.75, 3.05) is 0 Å². The lowest BCUT2D eigenvalue weighted by Gasteiger charge is -1.91. The van der Waals surface area contributed by atoms with Crippen LogP contribution in [0.3, 0.4) is 0 Å². The van der Waals surface area contributed by atoms with Crippen LogP contribution in [0, 0.1) is 10.1 Å². The molecule has 7 nitrogen and oxygen atoms in total. The Balaban J connectivity index is 2.13. The molecule has 0 amide bonds. The maximum absolute atomic E-state index is 10.4. The lowest BCUT2D eigenvalue weighted by molar-refractivity contribution is -0.389. The Hall–Kier alpha value is -2.44. The Kier molecular flexibility index (Phi) is 2.50. The minimum Gasteiger partial charge on any atom is -0.456 e. The molecule has 0 radical (unpaired) electrons. The molecule has 0 aliphatic rings. The van der Waals surface area contributed by atoms with Crippen molar-refractivity contribution in [3.8, 4) is 0 Å². The predicted molar refractivity (Wildman–Crippen MR) is 52.1 cm³/mol. The average molecular weight is 221 g/mol. The fourth-order valence-corrected chi connectivity index (χ4v) is 1.24. The lowest BCUT2D eigenvalue weighted by atomic mass is 10.4. The summed E-state index contributed by atoms with van der Waals surface area (Å²) in [6.45, 7) is 0.252. The fourth-order valence-electron chi connectivity index (χ4n) is 1.24. The van der Waals surface area contributed by atoms with Crippen LogP contribution in [0.4, 0.5) is 5.82 Å². The number of hydrogen-bond acceptors (Lipinski definition) is 5. The van der Waals surface area contributed by atoms with Crippen molar-refractivity contribution in [2.24, 2.45) is 0 Å². The number of carbonyl (C=O) groups excluding carboxylic acids is 1. The van der Waals surface area contributed by atoms with Crippen molar-refractivity contribution >= 4 is 12.1 Å². The molecule has 0 N–H and O–H groups in total. The fraction of sp³-hybridized carbons (Fsp3) is 0.111. The zero-order valence-corrected chi connectivity index (χ0v) is 8.07. The van der Waals surface area contributed by atoms with Crippen LogP contribution in [0.1, 0.15) is 16.3 Å². The number of carbonyl (C=O) groups is 1. The number of aromatic nitrogens is 2. The van der Waals surface area contributed by atoms with E-state index in [0.717, 1.165) is 0 Å². The standard InChI is InChI=1S/C9H7N3O4/c13-6-8-2-1-7(16-8)5-11-4-3-9(10-11)12(14)15/h1-4,6H,5H2. The number of nitro groups is 1. The van der Waals surface area contributed by atoms with Gasteiger partial charge in [-0.05, 0) is 17.1 Å². The third-order valence-corrected chi connectivity index (χ3v) is 1.93. The second-order valence-electron chi connectivity index (χ2n) is 3.05. The highest BCUT2D eigenvalue weighted by molar-refractivity contribution is 5.70. The SMILES string of the molecule is O=Cc1ccc(Cn2ccc([N+](=O)[O-])n2)o1. The monoisotopic (exact) mass is 221 g/mol.